The molecule has 0 heterocycles. The van der Waals surface area contributed by atoms with E-state index in [1.165, 1.54) is 0 Å². The Morgan fingerprint density at radius 2 is 1.79 bits per heavy atom. The molecule has 1 rings (SSSR count). The molecule has 0 saturated carbocycles. The van der Waals surface area contributed by atoms with Crippen molar-refractivity contribution in [3.8, 4) is 5.75 Å². The van der Waals surface area contributed by atoms with Gasteiger partial charge in [-0.2, -0.15) is 0 Å². The molecule has 1 aromatic carbocycles. The molecule has 1 N–H and O–H groups in total. The second-order valence-electron chi connectivity index (χ2n) is 4.14. The Morgan fingerprint density at radius 3 is 2.14 bits per heavy atom. The molecule has 0 aliphatic carbocycles. The fourth-order valence-corrected chi connectivity index (χ4v) is 1.35. The molecule has 0 saturated heterocycles. The van der Waals surface area contributed by atoms with Gasteiger partial charge in [0.1, 0.15) is 5.75 Å². The van der Waals surface area contributed by atoms with Crippen LogP contribution in [-0.4, -0.2) is 7.11 Å². The third kappa shape index (κ3) is 2.85. The number of benzene rings is 1. The molecule has 0 spiro atoms. The Labute approximate surface area is 105 Å². The van der Waals surface area contributed by atoms with Gasteiger partial charge in [0.05, 0.1) is 7.11 Å². The summed E-state index contributed by atoms with van der Waals surface area (Å²) in [6.45, 7) is 6.35. The van der Waals surface area contributed by atoms with E-state index in [1.54, 1.807) is 13.2 Å². The first-order valence-corrected chi connectivity index (χ1v) is 4.36. The van der Waals surface area contributed by atoms with Crippen molar-refractivity contribution in [2.45, 2.75) is 26.2 Å². The molecule has 0 aliphatic rings. The van der Waals surface area contributed by atoms with Crippen LogP contribution >= 0.6 is 0 Å². The summed E-state index contributed by atoms with van der Waals surface area (Å²) in [5.74, 6) is 0.690. The van der Waals surface area contributed by atoms with E-state index >= 15 is 0 Å². The van der Waals surface area contributed by atoms with Crippen molar-refractivity contribution in [2.24, 2.45) is 0 Å². The summed E-state index contributed by atoms with van der Waals surface area (Å²) in [7, 11) is 1.61. The van der Waals surface area contributed by atoms with E-state index in [4.69, 9.17) is 10.5 Å². The maximum Gasteiger partial charge on any atom is 0.107 e. The van der Waals surface area contributed by atoms with Crippen LogP contribution < -0.4 is 4.74 Å². The van der Waals surface area contributed by atoms with E-state index in [1.807, 2.05) is 12.1 Å². The minimum atomic E-state index is 0. The van der Waals surface area contributed by atoms with E-state index in [2.05, 4.69) is 20.8 Å². The van der Waals surface area contributed by atoms with Crippen LogP contribution in [0.1, 0.15) is 26.3 Å². The molecular weight excluding hydrogens is 253 g/mol. The van der Waals surface area contributed by atoms with Gasteiger partial charge in [0.25, 0.3) is 0 Å². The van der Waals surface area contributed by atoms with E-state index in [0.717, 1.165) is 5.56 Å². The standard InChI is InChI=1S/C11H16NO.Zr/c1-11(2,3)8-6-5-7-9(12)10(8)13-4;/h5-7,12H,1-4H3;/q-1;. The maximum atomic E-state index is 7.67. The second kappa shape index (κ2) is 4.97. The Balaban J connectivity index is 0.00000169. The third-order valence-electron chi connectivity index (χ3n) is 2.03. The van der Waals surface area contributed by atoms with Crippen LogP contribution in [0.25, 0.3) is 5.73 Å². The number of para-hydroxylation sites is 1. The summed E-state index contributed by atoms with van der Waals surface area (Å²) in [5, 5.41) is 0. The van der Waals surface area contributed by atoms with Crippen molar-refractivity contribution in [1.82, 2.24) is 0 Å². The Morgan fingerprint density at radius 1 is 1.21 bits per heavy atom. The predicted molar refractivity (Wildman–Crippen MR) is 55.7 cm³/mol. The number of hydrogen-bond acceptors (Lipinski definition) is 1. The van der Waals surface area contributed by atoms with Gasteiger partial charge in [0.2, 0.25) is 0 Å². The van der Waals surface area contributed by atoms with E-state index in [9.17, 15) is 0 Å². The first-order chi connectivity index (χ1) is 5.96. The first-order valence-electron chi connectivity index (χ1n) is 4.36. The smallest absolute Gasteiger partial charge is 0.107 e. The predicted octanol–water partition coefficient (Wildman–Crippen LogP) is 3.67. The van der Waals surface area contributed by atoms with Crippen molar-refractivity contribution in [2.75, 3.05) is 7.11 Å². The van der Waals surface area contributed by atoms with Crippen LogP contribution in [0.3, 0.4) is 0 Å². The van der Waals surface area contributed by atoms with Crippen LogP contribution in [0, 0.1) is 0 Å². The number of ether oxygens (including phenoxy) is 1. The van der Waals surface area contributed by atoms with Crippen LogP contribution in [0.15, 0.2) is 18.2 Å². The average Bonchev–Trinajstić information content (AvgIpc) is 2.02. The molecule has 0 radical (unpaired) electrons. The molecule has 0 amide bonds. The molecule has 0 fully saturated rings. The zero-order chi connectivity index (χ0) is 10.1. The van der Waals surface area contributed by atoms with Gasteiger partial charge in [-0.05, 0) is 11.0 Å². The molecule has 0 unspecified atom stereocenters. The van der Waals surface area contributed by atoms with Crippen molar-refractivity contribution in [3.63, 3.8) is 0 Å². The number of methoxy groups -OCH3 is 1. The fraction of sp³-hybridized carbons (Fsp3) is 0.455. The van der Waals surface area contributed by atoms with Gasteiger partial charge in [-0.25, -0.2) is 0 Å². The largest absolute Gasteiger partial charge is 0.696 e. The minimum Gasteiger partial charge on any atom is -0.696 e. The molecule has 0 aliphatic heterocycles. The summed E-state index contributed by atoms with van der Waals surface area (Å²) in [5.41, 5.74) is 9.24. The first kappa shape index (κ1) is 13.7. The van der Waals surface area contributed by atoms with Crippen LogP contribution in [-0.2, 0) is 31.6 Å². The Bertz CT molecular complexity index is 305. The molecule has 0 atom stereocenters. The average molecular weight is 269 g/mol. The van der Waals surface area contributed by atoms with E-state index in [0.29, 0.717) is 11.4 Å². The molecule has 2 nitrogen and oxygen atoms in total. The number of hydrogen-bond donors (Lipinski definition) is 0. The summed E-state index contributed by atoms with van der Waals surface area (Å²) in [4.78, 5) is 0. The zero-order valence-electron chi connectivity index (χ0n) is 9.14. The van der Waals surface area contributed by atoms with Crippen molar-refractivity contribution in [1.29, 1.82) is 0 Å². The van der Waals surface area contributed by atoms with Crippen molar-refractivity contribution < 1.29 is 30.9 Å². The fourth-order valence-electron chi connectivity index (χ4n) is 1.35. The van der Waals surface area contributed by atoms with Crippen molar-refractivity contribution in [3.05, 3.63) is 29.5 Å². The normalized spacial score (nSPS) is 10.6. The summed E-state index contributed by atoms with van der Waals surface area (Å²) < 4.78 is 5.22. The van der Waals surface area contributed by atoms with E-state index < -0.39 is 0 Å². The molecule has 0 bridgehead atoms. The topological polar surface area (TPSA) is 33.0 Å². The van der Waals surface area contributed by atoms with Gasteiger partial charge in [-0.3, -0.25) is 0 Å². The van der Waals surface area contributed by atoms with Crippen molar-refractivity contribution >= 4 is 5.69 Å². The van der Waals surface area contributed by atoms with Crippen LogP contribution in [0.5, 0.6) is 5.75 Å². The van der Waals surface area contributed by atoms with Crippen LogP contribution in [0.4, 0.5) is 5.69 Å². The minimum absolute atomic E-state index is 0. The Hall–Kier alpha value is -0.297. The number of nitrogens with one attached hydrogen (secondary N) is 1. The summed E-state index contributed by atoms with van der Waals surface area (Å²) in [6, 6.07) is 5.65. The zero-order valence-corrected chi connectivity index (χ0v) is 11.6. The van der Waals surface area contributed by atoms with Gasteiger partial charge in [0, 0.05) is 26.2 Å². The molecule has 1 aromatic rings. The molecule has 14 heavy (non-hydrogen) atoms. The summed E-state index contributed by atoms with van der Waals surface area (Å²) in [6.07, 6.45) is 0. The molecule has 0 aromatic heterocycles. The molecule has 3 heteroatoms. The quantitative estimate of drug-likeness (QED) is 0.765. The summed E-state index contributed by atoms with van der Waals surface area (Å²) >= 11 is 0. The molecular formula is C11H16NOZr-. The molecule has 76 valence electrons. The van der Waals surface area contributed by atoms with Gasteiger partial charge in [0.15, 0.2) is 0 Å². The second-order valence-corrected chi connectivity index (χ2v) is 4.14. The number of rotatable bonds is 1. The van der Waals surface area contributed by atoms with Gasteiger partial charge in [-0.1, -0.05) is 44.7 Å². The Kier molecular flexibility index (Phi) is 4.87. The third-order valence-corrected chi connectivity index (χ3v) is 2.03. The monoisotopic (exact) mass is 268 g/mol. The SMILES string of the molecule is COc1c([NH-])cccc1C(C)(C)C.[Zr]. The van der Waals surface area contributed by atoms with Crippen LogP contribution in [0.2, 0.25) is 0 Å². The van der Waals surface area contributed by atoms with Gasteiger partial charge < -0.3 is 10.5 Å². The van der Waals surface area contributed by atoms with Gasteiger partial charge >= 0.3 is 0 Å². The van der Waals surface area contributed by atoms with Gasteiger partial charge in [-0.15, -0.1) is 0 Å². The maximum absolute atomic E-state index is 7.67. The van der Waals surface area contributed by atoms with E-state index in [-0.39, 0.29) is 31.6 Å².